The number of aromatic nitrogens is 1. The number of benzene rings is 1. The lowest BCUT2D eigenvalue weighted by molar-refractivity contribution is -0.139. The molecule has 116 valence electrons. The minimum atomic E-state index is -1.09. The maximum atomic E-state index is 10.7. The smallest absolute Gasteiger partial charge is 0.341 e. The molecule has 0 spiro atoms. The summed E-state index contributed by atoms with van der Waals surface area (Å²) in [6, 6.07) is 7.04. The van der Waals surface area contributed by atoms with Gasteiger partial charge in [-0.05, 0) is 6.07 Å². The number of pyridine rings is 1. The molecule has 5 N–H and O–H groups in total. The van der Waals surface area contributed by atoms with Gasteiger partial charge in [-0.15, -0.1) is 0 Å². The first-order valence-electron chi connectivity index (χ1n) is 6.63. The number of rotatable bonds is 3. The average Bonchev–Trinajstić information content (AvgIpc) is 2.52. The van der Waals surface area contributed by atoms with Gasteiger partial charge in [0.2, 0.25) is 5.88 Å². The van der Waals surface area contributed by atoms with Crippen molar-refractivity contribution in [3.05, 3.63) is 34.9 Å². The lowest BCUT2D eigenvalue weighted by Gasteiger charge is -2.23. The predicted molar refractivity (Wildman–Crippen MR) is 80.2 cm³/mol. The largest absolute Gasteiger partial charge is 0.479 e. The number of nitriles is 1. The molecule has 1 aliphatic heterocycles. The molecule has 0 atom stereocenters. The highest BCUT2D eigenvalue weighted by molar-refractivity contribution is 5.73. The Kier molecular flexibility index (Phi) is 3.38. The van der Waals surface area contributed by atoms with Crippen LogP contribution in [0.3, 0.4) is 0 Å². The second-order valence-corrected chi connectivity index (χ2v) is 4.89. The zero-order valence-corrected chi connectivity index (χ0v) is 11.9. The molecule has 0 fully saturated rings. The zero-order chi connectivity index (χ0) is 16.6. The molecule has 1 aliphatic rings. The molecule has 3 rings (SSSR count). The summed E-state index contributed by atoms with van der Waals surface area (Å²) in [6.07, 6.45) is 0.378. The number of carboxylic acid groups (broad SMARTS) is 1. The Bertz CT molecular complexity index is 858. The van der Waals surface area contributed by atoms with Crippen molar-refractivity contribution >= 4 is 17.5 Å². The monoisotopic (exact) mass is 312 g/mol. The first-order valence-corrected chi connectivity index (χ1v) is 6.63. The summed E-state index contributed by atoms with van der Waals surface area (Å²) in [5.74, 6) is -0.255. The topological polar surface area (TPSA) is 144 Å². The molecule has 0 saturated heterocycles. The first-order chi connectivity index (χ1) is 11.0. The molecule has 0 unspecified atom stereocenters. The molecule has 0 bridgehead atoms. The van der Waals surface area contributed by atoms with Gasteiger partial charge in [-0.1, -0.05) is 12.1 Å². The molecule has 2 aromatic rings. The van der Waals surface area contributed by atoms with Crippen LogP contribution < -0.4 is 20.9 Å². The summed E-state index contributed by atoms with van der Waals surface area (Å²) < 4.78 is 10.9. The van der Waals surface area contributed by atoms with Crippen molar-refractivity contribution in [3.8, 4) is 23.4 Å². The van der Waals surface area contributed by atoms with Crippen molar-refractivity contribution in [1.29, 1.82) is 5.26 Å². The molecule has 2 heterocycles. The molecule has 8 heteroatoms. The number of hydrogen-bond donors (Lipinski definition) is 3. The van der Waals surface area contributed by atoms with Gasteiger partial charge in [0, 0.05) is 17.5 Å². The Morgan fingerprint density at radius 2 is 2.26 bits per heavy atom. The summed E-state index contributed by atoms with van der Waals surface area (Å²) in [7, 11) is 0. The molecule has 8 nitrogen and oxygen atoms in total. The van der Waals surface area contributed by atoms with Crippen LogP contribution in [0.25, 0.3) is 0 Å². The third-order valence-corrected chi connectivity index (χ3v) is 3.42. The van der Waals surface area contributed by atoms with E-state index in [-0.39, 0.29) is 22.9 Å². The van der Waals surface area contributed by atoms with Crippen LogP contribution >= 0.6 is 0 Å². The summed E-state index contributed by atoms with van der Waals surface area (Å²) in [4.78, 5) is 14.7. The van der Waals surface area contributed by atoms with Crippen molar-refractivity contribution in [1.82, 2.24) is 4.98 Å². The van der Waals surface area contributed by atoms with E-state index in [1.165, 1.54) is 0 Å². The number of carboxylic acids is 1. The fraction of sp³-hybridized carbons (Fsp3) is 0.133. The Balaban J connectivity index is 2.04. The predicted octanol–water partition coefficient (Wildman–Crippen LogP) is 1.28. The third-order valence-electron chi connectivity index (χ3n) is 3.42. The van der Waals surface area contributed by atoms with Crippen molar-refractivity contribution in [2.45, 2.75) is 6.42 Å². The van der Waals surface area contributed by atoms with Crippen LogP contribution in [0, 0.1) is 11.3 Å². The molecular weight excluding hydrogens is 300 g/mol. The molecule has 0 saturated carbocycles. The van der Waals surface area contributed by atoms with Crippen molar-refractivity contribution in [2.75, 3.05) is 18.1 Å². The minimum absolute atomic E-state index is 0.0175. The summed E-state index contributed by atoms with van der Waals surface area (Å²) in [6.45, 7) is -0.488. The van der Waals surface area contributed by atoms with E-state index in [0.29, 0.717) is 23.5 Å². The van der Waals surface area contributed by atoms with E-state index in [1.54, 1.807) is 18.2 Å². The van der Waals surface area contributed by atoms with Crippen molar-refractivity contribution < 1.29 is 19.4 Å². The van der Waals surface area contributed by atoms with Crippen LogP contribution in [-0.2, 0) is 11.2 Å². The average molecular weight is 312 g/mol. The third kappa shape index (κ3) is 2.44. The van der Waals surface area contributed by atoms with Crippen LogP contribution in [0.2, 0.25) is 0 Å². The SMILES string of the molecule is N#Cc1c(N)nc2c(c1N)Cc1cccc(OCC(=O)O)c1O2. The molecule has 1 aromatic carbocycles. The van der Waals surface area contributed by atoms with E-state index < -0.39 is 12.6 Å². The number of hydrogen-bond acceptors (Lipinski definition) is 7. The van der Waals surface area contributed by atoms with Crippen LogP contribution in [-0.4, -0.2) is 22.7 Å². The second kappa shape index (κ2) is 5.38. The van der Waals surface area contributed by atoms with Crippen LogP contribution in [0.5, 0.6) is 17.4 Å². The highest BCUT2D eigenvalue weighted by Crippen LogP contribution is 2.44. The van der Waals surface area contributed by atoms with Gasteiger partial charge in [0.05, 0.1) is 5.69 Å². The normalized spacial score (nSPS) is 11.6. The molecule has 23 heavy (non-hydrogen) atoms. The fourth-order valence-electron chi connectivity index (χ4n) is 2.37. The van der Waals surface area contributed by atoms with E-state index in [1.807, 2.05) is 6.07 Å². The molecule has 0 radical (unpaired) electrons. The number of aliphatic carboxylic acids is 1. The molecule has 0 amide bonds. The van der Waals surface area contributed by atoms with Crippen LogP contribution in [0.1, 0.15) is 16.7 Å². The number of ether oxygens (including phenoxy) is 2. The van der Waals surface area contributed by atoms with E-state index in [0.717, 1.165) is 5.56 Å². The summed E-state index contributed by atoms with van der Waals surface area (Å²) in [5.41, 5.74) is 13.4. The Morgan fingerprint density at radius 1 is 1.48 bits per heavy atom. The lowest BCUT2D eigenvalue weighted by Crippen LogP contribution is -2.14. The number of anilines is 2. The van der Waals surface area contributed by atoms with E-state index in [9.17, 15) is 4.79 Å². The van der Waals surface area contributed by atoms with Gasteiger partial charge in [-0.3, -0.25) is 0 Å². The number of para-hydroxylation sites is 1. The lowest BCUT2D eigenvalue weighted by atomic mass is 9.99. The Hall–Kier alpha value is -3.47. The number of nitrogens with zero attached hydrogens (tertiary/aromatic N) is 2. The number of nitrogens with two attached hydrogens (primary N) is 2. The first kappa shape index (κ1) is 14.5. The molecular formula is C15H12N4O4. The second-order valence-electron chi connectivity index (χ2n) is 4.89. The standard InChI is InChI=1S/C15H12N4O4/c16-5-9-12(17)8-4-7-2-1-3-10(22-6-11(20)21)13(7)23-15(8)19-14(9)18/h1-3H,4,6H2,(H,20,21)(H4,17,18,19). The Morgan fingerprint density at radius 3 is 2.96 bits per heavy atom. The summed E-state index contributed by atoms with van der Waals surface area (Å²) >= 11 is 0. The van der Waals surface area contributed by atoms with Crippen LogP contribution in [0.15, 0.2) is 18.2 Å². The van der Waals surface area contributed by atoms with Gasteiger partial charge in [0.25, 0.3) is 0 Å². The molecule has 1 aromatic heterocycles. The van der Waals surface area contributed by atoms with Gasteiger partial charge in [-0.2, -0.15) is 10.2 Å². The highest BCUT2D eigenvalue weighted by Gasteiger charge is 2.26. The summed E-state index contributed by atoms with van der Waals surface area (Å²) in [5, 5.41) is 17.8. The van der Waals surface area contributed by atoms with Gasteiger partial charge in [0.15, 0.2) is 18.1 Å². The van der Waals surface area contributed by atoms with Crippen molar-refractivity contribution in [2.24, 2.45) is 0 Å². The minimum Gasteiger partial charge on any atom is -0.479 e. The van der Waals surface area contributed by atoms with Gasteiger partial charge in [0.1, 0.15) is 17.5 Å². The van der Waals surface area contributed by atoms with Crippen molar-refractivity contribution in [3.63, 3.8) is 0 Å². The van der Waals surface area contributed by atoms with Gasteiger partial charge in [-0.25, -0.2) is 4.79 Å². The quantitative estimate of drug-likeness (QED) is 0.655. The maximum absolute atomic E-state index is 10.7. The number of carbonyl (C=O) groups is 1. The van der Waals surface area contributed by atoms with Crippen LogP contribution in [0.4, 0.5) is 11.5 Å². The van der Waals surface area contributed by atoms with E-state index in [4.69, 9.17) is 31.3 Å². The van der Waals surface area contributed by atoms with E-state index >= 15 is 0 Å². The number of fused-ring (bicyclic) bond motifs is 2. The van der Waals surface area contributed by atoms with Gasteiger partial charge >= 0.3 is 5.97 Å². The zero-order valence-electron chi connectivity index (χ0n) is 11.9. The highest BCUT2D eigenvalue weighted by atomic mass is 16.5. The van der Waals surface area contributed by atoms with E-state index in [2.05, 4.69) is 4.98 Å². The van der Waals surface area contributed by atoms with Gasteiger partial charge < -0.3 is 26.0 Å². The fourth-order valence-corrected chi connectivity index (χ4v) is 2.37. The Labute approximate surface area is 130 Å². The molecule has 0 aliphatic carbocycles. The maximum Gasteiger partial charge on any atom is 0.341 e. The number of nitrogen functional groups attached to an aromatic ring is 2.